The molecule has 2 aliphatic rings. The highest BCUT2D eigenvalue weighted by Gasteiger charge is 2.37. The maximum absolute atomic E-state index is 11.9. The minimum absolute atomic E-state index is 0.370. The summed E-state index contributed by atoms with van der Waals surface area (Å²) in [6, 6.07) is 5.45. The van der Waals surface area contributed by atoms with Gasteiger partial charge in [-0.05, 0) is 37.0 Å². The van der Waals surface area contributed by atoms with Gasteiger partial charge in [0, 0.05) is 11.0 Å². The second kappa shape index (κ2) is 3.95. The Morgan fingerprint density at radius 2 is 2.06 bits per heavy atom. The molecule has 1 aliphatic carbocycles. The zero-order valence-corrected chi connectivity index (χ0v) is 10.9. The molecule has 3 nitrogen and oxygen atoms in total. The molecule has 1 aromatic carbocycles. The average molecular weight is 294 g/mol. The van der Waals surface area contributed by atoms with E-state index >= 15 is 0 Å². The summed E-state index contributed by atoms with van der Waals surface area (Å²) in [5, 5.41) is 0. The van der Waals surface area contributed by atoms with E-state index in [0.717, 1.165) is 10.2 Å². The summed E-state index contributed by atoms with van der Waals surface area (Å²) < 4.78 is 0.836. The lowest BCUT2D eigenvalue weighted by molar-refractivity contribution is -0.114. The van der Waals surface area contributed by atoms with Crippen molar-refractivity contribution in [3.05, 3.63) is 28.2 Å². The number of carbonyl (C=O) groups is 2. The number of rotatable bonds is 2. The van der Waals surface area contributed by atoms with E-state index in [0.29, 0.717) is 18.0 Å². The lowest BCUT2D eigenvalue weighted by Gasteiger charge is -2.29. The lowest BCUT2D eigenvalue weighted by Crippen LogP contribution is -2.36. The van der Waals surface area contributed by atoms with Crippen LogP contribution in [0, 0.1) is 5.92 Å². The van der Waals surface area contributed by atoms with Crippen LogP contribution < -0.4 is 4.90 Å². The SMILES string of the molecule is O=C1C(=O)N(CC2CCC2)c2ccc(Br)cc21. The van der Waals surface area contributed by atoms with E-state index in [-0.39, 0.29) is 11.7 Å². The number of Topliss-reactive ketones (excluding diaryl/α,β-unsaturated/α-hetero) is 1. The molecule has 0 spiro atoms. The van der Waals surface area contributed by atoms with E-state index in [1.165, 1.54) is 19.3 Å². The highest BCUT2D eigenvalue weighted by molar-refractivity contribution is 9.10. The molecule has 0 N–H and O–H groups in total. The third kappa shape index (κ3) is 1.71. The summed E-state index contributed by atoms with van der Waals surface area (Å²) in [5.74, 6) is -0.174. The molecule has 1 fully saturated rings. The lowest BCUT2D eigenvalue weighted by atomic mass is 9.85. The normalized spacial score (nSPS) is 19.5. The van der Waals surface area contributed by atoms with Gasteiger partial charge in [0.15, 0.2) is 0 Å². The molecule has 1 heterocycles. The van der Waals surface area contributed by atoms with Gasteiger partial charge in [-0.15, -0.1) is 0 Å². The van der Waals surface area contributed by atoms with Crippen LogP contribution in [0.3, 0.4) is 0 Å². The smallest absolute Gasteiger partial charge is 0.299 e. The second-order valence-corrected chi connectivity index (χ2v) is 5.62. The zero-order valence-electron chi connectivity index (χ0n) is 9.28. The third-order valence-electron chi connectivity index (χ3n) is 3.60. The minimum Gasteiger partial charge on any atom is -0.304 e. The molecule has 0 radical (unpaired) electrons. The topological polar surface area (TPSA) is 37.4 Å². The largest absolute Gasteiger partial charge is 0.304 e. The van der Waals surface area contributed by atoms with Gasteiger partial charge in [-0.2, -0.15) is 0 Å². The first-order valence-electron chi connectivity index (χ1n) is 5.82. The van der Waals surface area contributed by atoms with Crippen LogP contribution in [0.1, 0.15) is 29.6 Å². The molecule has 0 aromatic heterocycles. The molecule has 1 saturated carbocycles. The van der Waals surface area contributed by atoms with Crippen LogP contribution in [0.5, 0.6) is 0 Å². The highest BCUT2D eigenvalue weighted by Crippen LogP contribution is 2.35. The Kier molecular flexibility index (Phi) is 2.54. The molecule has 0 bridgehead atoms. The van der Waals surface area contributed by atoms with E-state index in [4.69, 9.17) is 0 Å². The quantitative estimate of drug-likeness (QED) is 0.787. The van der Waals surface area contributed by atoms with Crippen LogP contribution in [-0.4, -0.2) is 18.2 Å². The van der Waals surface area contributed by atoms with Crippen LogP contribution in [0.15, 0.2) is 22.7 Å². The van der Waals surface area contributed by atoms with E-state index in [1.807, 2.05) is 12.1 Å². The predicted molar refractivity (Wildman–Crippen MR) is 68.2 cm³/mol. The van der Waals surface area contributed by atoms with Crippen LogP contribution >= 0.6 is 15.9 Å². The van der Waals surface area contributed by atoms with Crippen molar-refractivity contribution in [2.45, 2.75) is 19.3 Å². The molecule has 1 aliphatic heterocycles. The van der Waals surface area contributed by atoms with Gasteiger partial charge < -0.3 is 4.90 Å². The highest BCUT2D eigenvalue weighted by atomic mass is 79.9. The molecule has 0 unspecified atom stereocenters. The van der Waals surface area contributed by atoms with E-state index in [2.05, 4.69) is 15.9 Å². The molecular weight excluding hydrogens is 282 g/mol. The average Bonchev–Trinajstić information content (AvgIpc) is 2.48. The van der Waals surface area contributed by atoms with E-state index in [1.54, 1.807) is 11.0 Å². The molecule has 1 amide bonds. The number of halogens is 1. The van der Waals surface area contributed by atoms with Gasteiger partial charge in [-0.25, -0.2) is 0 Å². The molecule has 0 atom stereocenters. The van der Waals surface area contributed by atoms with Gasteiger partial charge in [0.2, 0.25) is 0 Å². The van der Waals surface area contributed by atoms with Gasteiger partial charge in [0.1, 0.15) is 0 Å². The Hall–Kier alpha value is -1.16. The van der Waals surface area contributed by atoms with Gasteiger partial charge in [0.05, 0.1) is 11.3 Å². The van der Waals surface area contributed by atoms with Gasteiger partial charge in [0.25, 0.3) is 11.7 Å². The summed E-state index contributed by atoms with van der Waals surface area (Å²) in [6.45, 7) is 0.694. The minimum atomic E-state index is -0.374. The van der Waals surface area contributed by atoms with Crippen LogP contribution in [0.2, 0.25) is 0 Å². The van der Waals surface area contributed by atoms with Crippen molar-refractivity contribution in [3.8, 4) is 0 Å². The number of amides is 1. The van der Waals surface area contributed by atoms with Crippen molar-refractivity contribution in [2.24, 2.45) is 5.92 Å². The molecule has 0 saturated heterocycles. The summed E-state index contributed by atoms with van der Waals surface area (Å²) >= 11 is 3.33. The van der Waals surface area contributed by atoms with Crippen molar-refractivity contribution >= 4 is 33.3 Å². The number of nitrogens with zero attached hydrogens (tertiary/aromatic N) is 1. The molecule has 1 aromatic rings. The summed E-state index contributed by atoms with van der Waals surface area (Å²) in [6.07, 6.45) is 3.58. The first-order chi connectivity index (χ1) is 8.16. The summed E-state index contributed by atoms with van der Waals surface area (Å²) in [5.41, 5.74) is 1.30. The number of hydrogen-bond donors (Lipinski definition) is 0. The van der Waals surface area contributed by atoms with Crippen LogP contribution in [0.4, 0.5) is 5.69 Å². The molecule has 88 valence electrons. The molecule has 3 rings (SSSR count). The molecular formula is C13H12BrNO2. The Labute approximate surface area is 108 Å². The number of fused-ring (bicyclic) bond motifs is 1. The van der Waals surface area contributed by atoms with Crippen LogP contribution in [-0.2, 0) is 4.79 Å². The Morgan fingerprint density at radius 3 is 2.71 bits per heavy atom. The number of anilines is 1. The Morgan fingerprint density at radius 1 is 1.29 bits per heavy atom. The number of ketones is 1. The first-order valence-corrected chi connectivity index (χ1v) is 6.62. The predicted octanol–water partition coefficient (Wildman–Crippen LogP) is 2.78. The van der Waals surface area contributed by atoms with Crippen molar-refractivity contribution in [3.63, 3.8) is 0 Å². The second-order valence-electron chi connectivity index (χ2n) is 4.70. The summed E-state index contributed by atoms with van der Waals surface area (Å²) in [4.78, 5) is 25.4. The monoisotopic (exact) mass is 293 g/mol. The van der Waals surface area contributed by atoms with Crippen molar-refractivity contribution in [1.82, 2.24) is 0 Å². The molecule has 4 heteroatoms. The van der Waals surface area contributed by atoms with Crippen molar-refractivity contribution in [1.29, 1.82) is 0 Å². The fourth-order valence-electron chi connectivity index (χ4n) is 2.39. The number of hydrogen-bond acceptors (Lipinski definition) is 2. The zero-order chi connectivity index (χ0) is 12.0. The standard InChI is InChI=1S/C13H12BrNO2/c14-9-4-5-11-10(6-9)12(16)13(17)15(11)7-8-2-1-3-8/h4-6,8H,1-3,7H2. The molecule has 17 heavy (non-hydrogen) atoms. The van der Waals surface area contributed by atoms with Crippen molar-refractivity contribution in [2.75, 3.05) is 11.4 Å². The Balaban J connectivity index is 1.95. The van der Waals surface area contributed by atoms with E-state index < -0.39 is 0 Å². The van der Waals surface area contributed by atoms with Crippen molar-refractivity contribution < 1.29 is 9.59 Å². The number of benzene rings is 1. The fraction of sp³-hybridized carbons (Fsp3) is 0.385. The van der Waals surface area contributed by atoms with Gasteiger partial charge in [-0.3, -0.25) is 9.59 Å². The maximum atomic E-state index is 11.9. The first kappa shape index (κ1) is 11.0. The third-order valence-corrected chi connectivity index (χ3v) is 4.09. The maximum Gasteiger partial charge on any atom is 0.299 e. The van der Waals surface area contributed by atoms with Gasteiger partial charge in [-0.1, -0.05) is 22.4 Å². The number of carbonyl (C=O) groups excluding carboxylic acids is 2. The van der Waals surface area contributed by atoms with E-state index in [9.17, 15) is 9.59 Å². The van der Waals surface area contributed by atoms with Gasteiger partial charge >= 0.3 is 0 Å². The van der Waals surface area contributed by atoms with Crippen LogP contribution in [0.25, 0.3) is 0 Å². The Bertz CT molecular complexity index is 508. The fourth-order valence-corrected chi connectivity index (χ4v) is 2.75. The summed E-state index contributed by atoms with van der Waals surface area (Å²) in [7, 11) is 0.